The third-order valence-corrected chi connectivity index (χ3v) is 4.36. The Labute approximate surface area is 134 Å². The molecular weight excluding hydrogens is 296 g/mol. The molecule has 2 aromatic carbocycles. The van der Waals surface area contributed by atoms with Crippen LogP contribution in [0.1, 0.15) is 18.0 Å². The van der Waals surface area contributed by atoms with Crippen molar-refractivity contribution in [3.63, 3.8) is 0 Å². The molecule has 0 saturated heterocycles. The number of carbonyl (C=O) groups excluding carboxylic acids is 1. The van der Waals surface area contributed by atoms with Gasteiger partial charge in [0, 0.05) is 22.6 Å². The van der Waals surface area contributed by atoms with Crippen molar-refractivity contribution in [2.75, 3.05) is 18.2 Å². The summed E-state index contributed by atoms with van der Waals surface area (Å²) in [6.45, 7) is 0.615. The van der Waals surface area contributed by atoms with Crippen LogP contribution in [0.4, 0.5) is 10.5 Å². The first-order valence-corrected chi connectivity index (χ1v) is 8.42. The summed E-state index contributed by atoms with van der Waals surface area (Å²) in [7, 11) is 0. The molecule has 1 aliphatic rings. The Bertz CT molecular complexity index is 658. The number of ether oxygens (including phenoxy) is 1. The maximum absolute atomic E-state index is 12.2. The second-order valence-corrected chi connectivity index (χ2v) is 5.93. The molecule has 2 aromatic rings. The minimum atomic E-state index is -0.196. The highest BCUT2D eigenvalue weighted by molar-refractivity contribution is 7.98. The fourth-order valence-electron chi connectivity index (χ4n) is 2.49. The van der Waals surface area contributed by atoms with E-state index in [4.69, 9.17) is 4.74 Å². The van der Waals surface area contributed by atoms with Crippen molar-refractivity contribution in [1.29, 1.82) is 0 Å². The lowest BCUT2D eigenvalue weighted by atomic mass is 10.0. The van der Waals surface area contributed by atoms with Gasteiger partial charge >= 0.3 is 6.03 Å². The molecule has 1 heterocycles. The van der Waals surface area contributed by atoms with E-state index in [1.165, 1.54) is 4.90 Å². The molecular formula is C17H18N2O2S. The number of thioether (sulfide) groups is 1. The van der Waals surface area contributed by atoms with Crippen LogP contribution in [0.5, 0.6) is 5.75 Å². The predicted molar refractivity (Wildman–Crippen MR) is 89.7 cm³/mol. The molecule has 0 aromatic heterocycles. The monoisotopic (exact) mass is 314 g/mol. The molecule has 3 rings (SSSR count). The van der Waals surface area contributed by atoms with Crippen LogP contribution in [0.25, 0.3) is 0 Å². The summed E-state index contributed by atoms with van der Waals surface area (Å²) >= 11 is 1.67. The van der Waals surface area contributed by atoms with Crippen LogP contribution in [0.15, 0.2) is 53.4 Å². The lowest BCUT2D eigenvalue weighted by Crippen LogP contribution is -2.35. The van der Waals surface area contributed by atoms with Gasteiger partial charge in [-0.1, -0.05) is 18.2 Å². The van der Waals surface area contributed by atoms with E-state index in [9.17, 15) is 4.79 Å². The fourth-order valence-corrected chi connectivity index (χ4v) is 2.90. The van der Waals surface area contributed by atoms with Crippen LogP contribution in [0.2, 0.25) is 0 Å². The Kier molecular flexibility index (Phi) is 4.53. The molecule has 0 saturated carbocycles. The Hall–Kier alpha value is -2.14. The topological polar surface area (TPSA) is 50.4 Å². The zero-order chi connectivity index (χ0) is 15.4. The number of urea groups is 1. The summed E-state index contributed by atoms with van der Waals surface area (Å²) in [5.74, 6) is 0.850. The summed E-state index contributed by atoms with van der Waals surface area (Å²) < 4.78 is 5.61. The van der Waals surface area contributed by atoms with Gasteiger partial charge in [0.2, 0.25) is 0 Å². The normalized spacial score (nSPS) is 16.3. The van der Waals surface area contributed by atoms with Crippen LogP contribution >= 0.6 is 11.8 Å². The highest BCUT2D eigenvalue weighted by atomic mass is 32.2. The second-order valence-electron chi connectivity index (χ2n) is 5.05. The third-order valence-electron chi connectivity index (χ3n) is 3.61. The van der Waals surface area contributed by atoms with E-state index in [2.05, 4.69) is 10.6 Å². The summed E-state index contributed by atoms with van der Waals surface area (Å²) in [6.07, 6.45) is 2.80. The summed E-state index contributed by atoms with van der Waals surface area (Å²) in [4.78, 5) is 13.3. The van der Waals surface area contributed by atoms with Crippen LogP contribution in [0, 0.1) is 0 Å². The van der Waals surface area contributed by atoms with Crippen LogP contribution in [-0.4, -0.2) is 18.9 Å². The summed E-state index contributed by atoms with van der Waals surface area (Å²) in [5, 5.41) is 5.89. The minimum Gasteiger partial charge on any atom is -0.493 e. The maximum Gasteiger partial charge on any atom is 0.319 e. The van der Waals surface area contributed by atoms with Gasteiger partial charge in [-0.3, -0.25) is 0 Å². The van der Waals surface area contributed by atoms with E-state index >= 15 is 0 Å². The first-order chi connectivity index (χ1) is 10.8. The number of amides is 2. The number of hydrogen-bond acceptors (Lipinski definition) is 3. The van der Waals surface area contributed by atoms with E-state index in [-0.39, 0.29) is 12.1 Å². The van der Waals surface area contributed by atoms with Gasteiger partial charge in [-0.15, -0.1) is 11.8 Å². The molecule has 2 amide bonds. The molecule has 0 fully saturated rings. The van der Waals surface area contributed by atoms with E-state index in [0.29, 0.717) is 6.61 Å². The highest BCUT2D eigenvalue weighted by Gasteiger charge is 2.22. The molecule has 114 valence electrons. The Balaban J connectivity index is 1.65. The number of para-hydroxylation sites is 1. The average molecular weight is 314 g/mol. The van der Waals surface area contributed by atoms with E-state index in [1.807, 2.05) is 54.8 Å². The first kappa shape index (κ1) is 14.8. The number of carbonyl (C=O) groups is 1. The molecule has 0 radical (unpaired) electrons. The van der Waals surface area contributed by atoms with Crippen molar-refractivity contribution < 1.29 is 9.53 Å². The van der Waals surface area contributed by atoms with Gasteiger partial charge in [0.15, 0.2) is 0 Å². The van der Waals surface area contributed by atoms with Gasteiger partial charge in [0.05, 0.1) is 12.6 Å². The van der Waals surface area contributed by atoms with Crippen molar-refractivity contribution in [2.45, 2.75) is 17.4 Å². The second kappa shape index (κ2) is 6.75. The van der Waals surface area contributed by atoms with Crippen molar-refractivity contribution in [2.24, 2.45) is 0 Å². The summed E-state index contributed by atoms with van der Waals surface area (Å²) in [5.41, 5.74) is 1.82. The Morgan fingerprint density at radius 3 is 2.73 bits per heavy atom. The first-order valence-electron chi connectivity index (χ1n) is 7.19. The highest BCUT2D eigenvalue weighted by Crippen LogP contribution is 2.31. The quantitative estimate of drug-likeness (QED) is 0.840. The lowest BCUT2D eigenvalue weighted by Gasteiger charge is -2.26. The molecule has 1 aliphatic heterocycles. The third kappa shape index (κ3) is 3.36. The number of benzene rings is 2. The summed E-state index contributed by atoms with van der Waals surface area (Å²) in [6, 6.07) is 15.4. The average Bonchev–Trinajstić information content (AvgIpc) is 2.56. The van der Waals surface area contributed by atoms with Crippen LogP contribution in [-0.2, 0) is 0 Å². The van der Waals surface area contributed by atoms with Crippen molar-refractivity contribution >= 4 is 23.5 Å². The smallest absolute Gasteiger partial charge is 0.319 e. The van der Waals surface area contributed by atoms with E-state index in [0.717, 1.165) is 23.4 Å². The lowest BCUT2D eigenvalue weighted by molar-refractivity contribution is 0.232. The SMILES string of the molecule is CSc1ccc(NC(=O)NC2CCOc3ccccc32)cc1. The van der Waals surface area contributed by atoms with Crippen LogP contribution in [0.3, 0.4) is 0 Å². The van der Waals surface area contributed by atoms with E-state index < -0.39 is 0 Å². The molecule has 5 heteroatoms. The number of nitrogens with one attached hydrogen (secondary N) is 2. The minimum absolute atomic E-state index is 0.0181. The number of rotatable bonds is 3. The molecule has 1 atom stereocenters. The van der Waals surface area contributed by atoms with Crippen molar-refractivity contribution in [3.05, 3.63) is 54.1 Å². The predicted octanol–water partition coefficient (Wildman–Crippen LogP) is 4.05. The number of hydrogen-bond donors (Lipinski definition) is 2. The van der Waals surface area contributed by atoms with Gasteiger partial charge in [0.1, 0.15) is 5.75 Å². The van der Waals surface area contributed by atoms with Crippen molar-refractivity contribution in [3.8, 4) is 5.75 Å². The van der Waals surface area contributed by atoms with Gasteiger partial charge in [-0.2, -0.15) is 0 Å². The van der Waals surface area contributed by atoms with Gasteiger partial charge in [0.25, 0.3) is 0 Å². The maximum atomic E-state index is 12.2. The molecule has 2 N–H and O–H groups in total. The molecule has 22 heavy (non-hydrogen) atoms. The Morgan fingerprint density at radius 2 is 1.95 bits per heavy atom. The number of fused-ring (bicyclic) bond motifs is 1. The zero-order valence-corrected chi connectivity index (χ0v) is 13.2. The van der Waals surface area contributed by atoms with Gasteiger partial charge in [-0.05, 0) is 36.6 Å². The Morgan fingerprint density at radius 1 is 1.18 bits per heavy atom. The van der Waals surface area contributed by atoms with Gasteiger partial charge in [-0.25, -0.2) is 4.79 Å². The van der Waals surface area contributed by atoms with Crippen LogP contribution < -0.4 is 15.4 Å². The molecule has 1 unspecified atom stereocenters. The molecule has 0 bridgehead atoms. The van der Waals surface area contributed by atoms with E-state index in [1.54, 1.807) is 11.8 Å². The van der Waals surface area contributed by atoms with Gasteiger partial charge < -0.3 is 15.4 Å². The number of anilines is 1. The molecule has 0 aliphatic carbocycles. The molecule has 0 spiro atoms. The van der Waals surface area contributed by atoms with Crippen molar-refractivity contribution in [1.82, 2.24) is 5.32 Å². The fraction of sp³-hybridized carbons (Fsp3) is 0.235. The zero-order valence-electron chi connectivity index (χ0n) is 12.3. The molecule has 4 nitrogen and oxygen atoms in total. The standard InChI is InChI=1S/C17H18N2O2S/c1-22-13-8-6-12(7-9-13)18-17(20)19-15-10-11-21-16-5-3-2-4-14(15)16/h2-9,15H,10-11H2,1H3,(H2,18,19,20). The largest absolute Gasteiger partial charge is 0.493 e.